The molecule has 1 N–H and O–H groups in total. The molecule has 6 heteroatoms. The molecule has 2 rings (SSSR count). The summed E-state index contributed by atoms with van der Waals surface area (Å²) in [4.78, 5) is 27.6. The van der Waals surface area contributed by atoms with Crippen molar-refractivity contribution in [2.24, 2.45) is 11.8 Å². The molecule has 5 nitrogen and oxygen atoms in total. The van der Waals surface area contributed by atoms with Gasteiger partial charge < -0.3 is 14.7 Å². The number of hydrogen-bond acceptors (Lipinski definition) is 4. The number of carbonyl (C=O) groups excluding carboxylic acids is 1. The number of ether oxygens (including phenoxy) is 1. The standard InChI is InChI=1S/C22H31NO4S/c1-14(2)23(20(24)16-9-7-15(3)8-10-16)18-13-17(28-19(18)21(25)26)11-12-22(4,5)27-6/h13-16H,7-10H2,1-6H3,(H,25,26). The van der Waals surface area contributed by atoms with Crippen molar-refractivity contribution in [2.45, 2.75) is 71.9 Å². The Morgan fingerprint density at radius 3 is 2.39 bits per heavy atom. The fourth-order valence-electron chi connectivity index (χ4n) is 3.39. The number of rotatable bonds is 5. The summed E-state index contributed by atoms with van der Waals surface area (Å²) in [6.07, 6.45) is 3.82. The van der Waals surface area contributed by atoms with Crippen molar-refractivity contribution in [3.63, 3.8) is 0 Å². The van der Waals surface area contributed by atoms with Crippen LogP contribution < -0.4 is 4.90 Å². The minimum absolute atomic E-state index is 0.0268. The highest BCUT2D eigenvalue weighted by Gasteiger charge is 2.33. The molecular formula is C22H31NO4S. The monoisotopic (exact) mass is 405 g/mol. The maximum Gasteiger partial charge on any atom is 0.348 e. The number of carbonyl (C=O) groups is 2. The minimum atomic E-state index is -1.03. The van der Waals surface area contributed by atoms with Gasteiger partial charge in [-0.15, -0.1) is 11.3 Å². The Bertz CT molecular complexity index is 776. The molecule has 0 spiro atoms. The van der Waals surface area contributed by atoms with Crippen LogP contribution in [0, 0.1) is 23.7 Å². The van der Waals surface area contributed by atoms with E-state index in [0.29, 0.717) is 16.5 Å². The average molecular weight is 406 g/mol. The van der Waals surface area contributed by atoms with Crippen molar-refractivity contribution in [3.8, 4) is 11.8 Å². The first-order valence-corrected chi connectivity index (χ1v) is 10.7. The van der Waals surface area contributed by atoms with Crippen molar-refractivity contribution in [2.75, 3.05) is 12.0 Å². The summed E-state index contributed by atoms with van der Waals surface area (Å²) in [5, 5.41) is 9.71. The third kappa shape index (κ3) is 5.36. The summed E-state index contributed by atoms with van der Waals surface area (Å²) >= 11 is 1.11. The molecule has 0 bridgehead atoms. The molecule has 0 aromatic carbocycles. The molecule has 1 aliphatic rings. The lowest BCUT2D eigenvalue weighted by molar-refractivity contribution is -0.123. The zero-order valence-corrected chi connectivity index (χ0v) is 18.5. The molecule has 0 saturated heterocycles. The fraction of sp³-hybridized carbons (Fsp3) is 0.636. The van der Waals surface area contributed by atoms with Crippen LogP contribution in [0.5, 0.6) is 0 Å². The zero-order valence-electron chi connectivity index (χ0n) is 17.7. The average Bonchev–Trinajstić information content (AvgIpc) is 3.04. The van der Waals surface area contributed by atoms with Gasteiger partial charge in [-0.05, 0) is 65.4 Å². The van der Waals surface area contributed by atoms with Gasteiger partial charge in [0, 0.05) is 19.1 Å². The Balaban J connectivity index is 2.40. The Morgan fingerprint density at radius 2 is 1.89 bits per heavy atom. The van der Waals surface area contributed by atoms with Crippen LogP contribution in [0.2, 0.25) is 0 Å². The summed E-state index contributed by atoms with van der Waals surface area (Å²) in [7, 11) is 1.58. The normalized spacial score (nSPS) is 19.8. The van der Waals surface area contributed by atoms with Crippen molar-refractivity contribution >= 4 is 28.9 Å². The van der Waals surface area contributed by atoms with E-state index in [9.17, 15) is 14.7 Å². The number of hydrogen-bond donors (Lipinski definition) is 1. The number of thiophene rings is 1. The van der Waals surface area contributed by atoms with E-state index in [1.807, 2.05) is 27.7 Å². The molecule has 1 heterocycles. The summed E-state index contributed by atoms with van der Waals surface area (Å²) in [6.45, 7) is 9.76. The quantitative estimate of drug-likeness (QED) is 0.715. The highest BCUT2D eigenvalue weighted by molar-refractivity contribution is 7.15. The van der Waals surface area contributed by atoms with Crippen LogP contribution in [0.3, 0.4) is 0 Å². The van der Waals surface area contributed by atoms with Crippen LogP contribution >= 0.6 is 11.3 Å². The largest absolute Gasteiger partial charge is 0.477 e. The third-order valence-corrected chi connectivity index (χ3v) is 6.31. The van der Waals surface area contributed by atoms with Crippen LogP contribution in [-0.2, 0) is 9.53 Å². The van der Waals surface area contributed by atoms with Crippen LogP contribution in [0.1, 0.15) is 74.9 Å². The summed E-state index contributed by atoms with van der Waals surface area (Å²) < 4.78 is 5.31. The Morgan fingerprint density at radius 1 is 1.29 bits per heavy atom. The van der Waals surface area contributed by atoms with Crippen LogP contribution in [0.15, 0.2) is 6.07 Å². The molecule has 0 radical (unpaired) electrons. The van der Waals surface area contributed by atoms with E-state index in [4.69, 9.17) is 4.74 Å². The molecule has 0 unspecified atom stereocenters. The predicted molar refractivity (Wildman–Crippen MR) is 113 cm³/mol. The molecule has 1 saturated carbocycles. The minimum Gasteiger partial charge on any atom is -0.477 e. The smallest absolute Gasteiger partial charge is 0.348 e. The van der Waals surface area contributed by atoms with Crippen LogP contribution in [0.4, 0.5) is 5.69 Å². The van der Waals surface area contributed by atoms with Gasteiger partial charge in [0.25, 0.3) is 0 Å². The van der Waals surface area contributed by atoms with E-state index in [-0.39, 0.29) is 22.7 Å². The van der Waals surface area contributed by atoms with E-state index >= 15 is 0 Å². The molecule has 1 aliphatic carbocycles. The molecular weight excluding hydrogens is 374 g/mol. The molecule has 1 aromatic heterocycles. The van der Waals surface area contributed by atoms with Crippen LogP contribution in [0.25, 0.3) is 0 Å². The Hall–Kier alpha value is -1.84. The number of carboxylic acid groups (broad SMARTS) is 1. The molecule has 1 aromatic rings. The first-order chi connectivity index (χ1) is 13.1. The molecule has 1 amide bonds. The number of nitrogens with zero attached hydrogens (tertiary/aromatic N) is 1. The third-order valence-electron chi connectivity index (χ3n) is 5.28. The van der Waals surface area contributed by atoms with Crippen LogP contribution in [-0.4, -0.2) is 35.7 Å². The van der Waals surface area contributed by atoms with Gasteiger partial charge in [-0.3, -0.25) is 4.79 Å². The van der Waals surface area contributed by atoms with Crippen molar-refractivity contribution < 1.29 is 19.4 Å². The summed E-state index contributed by atoms with van der Waals surface area (Å²) in [6, 6.07) is 1.60. The van der Waals surface area contributed by atoms with E-state index < -0.39 is 11.6 Å². The Labute approximate surface area is 172 Å². The number of carboxylic acids is 1. The molecule has 154 valence electrons. The fourth-order valence-corrected chi connectivity index (χ4v) is 4.24. The Kier molecular flexibility index (Phi) is 7.30. The lowest BCUT2D eigenvalue weighted by Crippen LogP contribution is -2.42. The second-order valence-corrected chi connectivity index (χ2v) is 9.41. The SMILES string of the molecule is COC(C)(C)C#Cc1cc(N(C(=O)C2CCC(C)CC2)C(C)C)c(C(=O)O)s1. The van der Waals surface area contributed by atoms with Gasteiger partial charge >= 0.3 is 5.97 Å². The number of amides is 1. The summed E-state index contributed by atoms with van der Waals surface area (Å²) in [5.74, 6) is 5.63. The van der Waals surface area contributed by atoms with E-state index in [1.54, 1.807) is 18.1 Å². The lowest BCUT2D eigenvalue weighted by atomic mass is 9.82. The second-order valence-electron chi connectivity index (χ2n) is 8.35. The summed E-state index contributed by atoms with van der Waals surface area (Å²) in [5.41, 5.74) is -0.171. The van der Waals surface area contributed by atoms with Crippen molar-refractivity contribution in [3.05, 3.63) is 15.8 Å². The van der Waals surface area contributed by atoms with Gasteiger partial charge in [0.15, 0.2) is 0 Å². The molecule has 0 atom stereocenters. The maximum absolute atomic E-state index is 13.3. The number of anilines is 1. The van der Waals surface area contributed by atoms with Gasteiger partial charge in [-0.1, -0.05) is 18.8 Å². The zero-order chi connectivity index (χ0) is 21.1. The van der Waals surface area contributed by atoms with E-state index in [1.165, 1.54) is 0 Å². The first-order valence-electron chi connectivity index (χ1n) is 9.84. The van der Waals surface area contributed by atoms with Crippen molar-refractivity contribution in [1.29, 1.82) is 0 Å². The molecule has 0 aliphatic heterocycles. The van der Waals surface area contributed by atoms with Crippen molar-refractivity contribution in [1.82, 2.24) is 0 Å². The first kappa shape index (κ1) is 22.4. The van der Waals surface area contributed by atoms with E-state index in [2.05, 4.69) is 18.8 Å². The topological polar surface area (TPSA) is 66.8 Å². The predicted octanol–water partition coefficient (Wildman–Crippen LogP) is 4.79. The molecule has 28 heavy (non-hydrogen) atoms. The van der Waals surface area contributed by atoms with Gasteiger partial charge in [-0.2, -0.15) is 0 Å². The number of methoxy groups -OCH3 is 1. The highest BCUT2D eigenvalue weighted by atomic mass is 32.1. The van der Waals surface area contributed by atoms with Gasteiger partial charge in [0.2, 0.25) is 5.91 Å². The maximum atomic E-state index is 13.3. The van der Waals surface area contributed by atoms with Gasteiger partial charge in [0.1, 0.15) is 10.5 Å². The van der Waals surface area contributed by atoms with Gasteiger partial charge in [0.05, 0.1) is 10.6 Å². The lowest BCUT2D eigenvalue weighted by Gasteiger charge is -2.33. The molecule has 1 fully saturated rings. The van der Waals surface area contributed by atoms with Gasteiger partial charge in [-0.25, -0.2) is 4.79 Å². The number of aromatic carboxylic acids is 1. The highest BCUT2D eigenvalue weighted by Crippen LogP contribution is 2.36. The second kappa shape index (κ2) is 9.11. The van der Waals surface area contributed by atoms with E-state index in [0.717, 1.165) is 37.0 Å².